The first kappa shape index (κ1) is 16.4. The molecule has 0 unspecified atom stereocenters. The van der Waals surface area contributed by atoms with Crippen LogP contribution in [-0.2, 0) is 6.61 Å². The van der Waals surface area contributed by atoms with E-state index in [9.17, 15) is 4.79 Å². The van der Waals surface area contributed by atoms with Crippen molar-refractivity contribution < 1.29 is 14.3 Å². The lowest BCUT2D eigenvalue weighted by Gasteiger charge is -2.14. The van der Waals surface area contributed by atoms with E-state index < -0.39 is 0 Å². The van der Waals surface area contributed by atoms with Crippen molar-refractivity contribution in [2.75, 3.05) is 7.11 Å². The van der Waals surface area contributed by atoms with Gasteiger partial charge in [-0.25, -0.2) is 0 Å². The van der Waals surface area contributed by atoms with Crippen LogP contribution in [0, 0.1) is 3.57 Å². The summed E-state index contributed by atoms with van der Waals surface area (Å²) in [7, 11) is 1.53. The van der Waals surface area contributed by atoms with Gasteiger partial charge in [-0.15, -0.1) is 0 Å². The Labute approximate surface area is 146 Å². The molecule has 0 radical (unpaired) electrons. The predicted octanol–water partition coefficient (Wildman–Crippen LogP) is 5.00. The van der Waals surface area contributed by atoms with Gasteiger partial charge < -0.3 is 9.47 Å². The minimum absolute atomic E-state index is 0.281. The zero-order valence-corrected chi connectivity index (χ0v) is 14.7. The number of hydrogen-bond acceptors (Lipinski definition) is 3. The Bertz CT molecular complexity index is 674. The number of carbonyl (C=O) groups excluding carboxylic acids is 1. The summed E-state index contributed by atoms with van der Waals surface area (Å²) < 4.78 is 11.8. The second kappa shape index (κ2) is 7.33. The second-order valence-electron chi connectivity index (χ2n) is 4.18. The molecule has 3 nitrogen and oxygen atoms in total. The molecule has 2 aromatic carbocycles. The van der Waals surface area contributed by atoms with Crippen LogP contribution in [0.15, 0.2) is 30.3 Å². The molecule has 0 saturated heterocycles. The van der Waals surface area contributed by atoms with Gasteiger partial charge in [-0.05, 0) is 46.9 Å². The molecular formula is C15H11Cl2IO3. The third-order valence-corrected chi connectivity index (χ3v) is 4.16. The number of methoxy groups -OCH3 is 1. The minimum atomic E-state index is 0.281. The highest BCUT2D eigenvalue weighted by molar-refractivity contribution is 14.1. The number of ether oxygens (including phenoxy) is 2. The van der Waals surface area contributed by atoms with Crippen LogP contribution < -0.4 is 9.47 Å². The van der Waals surface area contributed by atoms with Crippen LogP contribution in [0.2, 0.25) is 10.0 Å². The highest BCUT2D eigenvalue weighted by Crippen LogP contribution is 2.34. The summed E-state index contributed by atoms with van der Waals surface area (Å²) in [6.07, 6.45) is 0.768. The maximum absolute atomic E-state index is 10.9. The number of aldehydes is 1. The Balaban J connectivity index is 2.25. The van der Waals surface area contributed by atoms with E-state index in [0.717, 1.165) is 15.4 Å². The van der Waals surface area contributed by atoms with Crippen molar-refractivity contribution in [3.63, 3.8) is 0 Å². The Hall–Kier alpha value is -0.980. The summed E-state index contributed by atoms with van der Waals surface area (Å²) in [5, 5.41) is 1.12. The molecule has 2 aromatic rings. The minimum Gasteiger partial charge on any atom is -0.493 e. The molecule has 0 saturated carbocycles. The van der Waals surface area contributed by atoms with Crippen LogP contribution in [0.5, 0.6) is 11.5 Å². The fourth-order valence-corrected chi connectivity index (χ4v) is 2.98. The maximum atomic E-state index is 10.9. The summed E-state index contributed by atoms with van der Waals surface area (Å²) in [6.45, 7) is 0.281. The number of carbonyl (C=O) groups is 1. The van der Waals surface area contributed by atoms with Crippen molar-refractivity contribution in [2.24, 2.45) is 0 Å². The zero-order chi connectivity index (χ0) is 15.4. The lowest BCUT2D eigenvalue weighted by atomic mass is 10.2. The predicted molar refractivity (Wildman–Crippen MR) is 91.9 cm³/mol. The van der Waals surface area contributed by atoms with Crippen LogP contribution >= 0.6 is 45.8 Å². The molecule has 110 valence electrons. The lowest BCUT2D eigenvalue weighted by molar-refractivity contribution is 0.112. The van der Waals surface area contributed by atoms with Crippen molar-refractivity contribution in [1.82, 2.24) is 0 Å². The monoisotopic (exact) mass is 436 g/mol. The first-order valence-corrected chi connectivity index (χ1v) is 7.78. The maximum Gasteiger partial charge on any atom is 0.174 e. The number of benzene rings is 2. The lowest BCUT2D eigenvalue weighted by Crippen LogP contribution is -2.01. The topological polar surface area (TPSA) is 35.5 Å². The number of hydrogen-bond donors (Lipinski definition) is 0. The zero-order valence-electron chi connectivity index (χ0n) is 11.0. The molecule has 0 aliphatic carbocycles. The van der Waals surface area contributed by atoms with E-state index >= 15 is 0 Å². The van der Waals surface area contributed by atoms with Crippen LogP contribution in [-0.4, -0.2) is 13.4 Å². The van der Waals surface area contributed by atoms with Gasteiger partial charge in [0.05, 0.1) is 10.7 Å². The van der Waals surface area contributed by atoms with Gasteiger partial charge in [0.1, 0.15) is 12.9 Å². The van der Waals surface area contributed by atoms with Crippen molar-refractivity contribution in [1.29, 1.82) is 0 Å². The second-order valence-corrected chi connectivity index (χ2v) is 6.18. The molecule has 0 heterocycles. The Morgan fingerprint density at radius 3 is 2.62 bits per heavy atom. The molecule has 0 N–H and O–H groups in total. The summed E-state index contributed by atoms with van der Waals surface area (Å²) in [4.78, 5) is 10.9. The van der Waals surface area contributed by atoms with Gasteiger partial charge in [-0.2, -0.15) is 0 Å². The van der Waals surface area contributed by atoms with Gasteiger partial charge in [0, 0.05) is 21.2 Å². The molecule has 0 bridgehead atoms. The molecule has 0 amide bonds. The van der Waals surface area contributed by atoms with E-state index in [1.165, 1.54) is 7.11 Å². The van der Waals surface area contributed by atoms with Gasteiger partial charge in [0.15, 0.2) is 11.5 Å². The smallest absolute Gasteiger partial charge is 0.174 e. The molecular weight excluding hydrogens is 426 g/mol. The van der Waals surface area contributed by atoms with Crippen molar-refractivity contribution >= 4 is 52.1 Å². The number of rotatable bonds is 5. The van der Waals surface area contributed by atoms with E-state index in [4.69, 9.17) is 32.7 Å². The highest BCUT2D eigenvalue weighted by atomic mass is 127. The summed E-state index contributed by atoms with van der Waals surface area (Å²) in [5.41, 5.74) is 1.35. The number of halogens is 3. The van der Waals surface area contributed by atoms with E-state index in [2.05, 4.69) is 22.6 Å². The van der Waals surface area contributed by atoms with Gasteiger partial charge in [0.25, 0.3) is 0 Å². The summed E-state index contributed by atoms with van der Waals surface area (Å²) >= 11 is 14.1. The average molecular weight is 437 g/mol. The van der Waals surface area contributed by atoms with Crippen molar-refractivity contribution in [2.45, 2.75) is 6.61 Å². The van der Waals surface area contributed by atoms with E-state index in [0.29, 0.717) is 27.1 Å². The van der Waals surface area contributed by atoms with E-state index in [1.807, 2.05) is 6.07 Å². The van der Waals surface area contributed by atoms with Gasteiger partial charge in [-0.3, -0.25) is 4.79 Å². The third kappa shape index (κ3) is 4.02. The Morgan fingerprint density at radius 1 is 1.24 bits per heavy atom. The van der Waals surface area contributed by atoms with Crippen molar-refractivity contribution in [3.05, 3.63) is 55.1 Å². The molecule has 0 atom stereocenters. The Kier molecular flexibility index (Phi) is 5.72. The van der Waals surface area contributed by atoms with Gasteiger partial charge in [-0.1, -0.05) is 29.3 Å². The van der Waals surface area contributed by atoms with Crippen LogP contribution in [0.1, 0.15) is 15.9 Å². The molecule has 0 aromatic heterocycles. The molecule has 0 fully saturated rings. The molecule has 2 rings (SSSR count). The Morgan fingerprint density at radius 2 is 2.00 bits per heavy atom. The molecule has 21 heavy (non-hydrogen) atoms. The fraction of sp³-hybridized carbons (Fsp3) is 0.133. The highest BCUT2D eigenvalue weighted by Gasteiger charge is 2.12. The van der Waals surface area contributed by atoms with Crippen molar-refractivity contribution in [3.8, 4) is 11.5 Å². The first-order valence-electron chi connectivity index (χ1n) is 5.94. The van der Waals surface area contributed by atoms with Crippen LogP contribution in [0.4, 0.5) is 0 Å². The summed E-state index contributed by atoms with van der Waals surface area (Å²) in [5.74, 6) is 1.09. The van der Waals surface area contributed by atoms with Crippen LogP contribution in [0.25, 0.3) is 0 Å². The van der Waals surface area contributed by atoms with Gasteiger partial charge in [0.2, 0.25) is 0 Å². The standard InChI is InChI=1S/C15H11Cl2IO3/c1-20-14-5-9(7-19)4-13(18)15(14)21-8-10-2-3-11(16)6-12(10)17/h2-7H,8H2,1H3. The van der Waals surface area contributed by atoms with Crippen LogP contribution in [0.3, 0.4) is 0 Å². The molecule has 0 aliphatic heterocycles. The molecule has 0 spiro atoms. The molecule has 6 heteroatoms. The molecule has 0 aliphatic rings. The van der Waals surface area contributed by atoms with Gasteiger partial charge >= 0.3 is 0 Å². The largest absolute Gasteiger partial charge is 0.493 e. The SMILES string of the molecule is COc1cc(C=O)cc(I)c1OCc1ccc(Cl)cc1Cl. The average Bonchev–Trinajstić information content (AvgIpc) is 2.46. The normalized spacial score (nSPS) is 10.3. The third-order valence-electron chi connectivity index (χ3n) is 2.77. The fourth-order valence-electron chi connectivity index (χ4n) is 1.74. The van der Waals surface area contributed by atoms with E-state index in [1.54, 1.807) is 24.3 Å². The quantitative estimate of drug-likeness (QED) is 0.488. The van der Waals surface area contributed by atoms with E-state index in [-0.39, 0.29) is 6.61 Å². The first-order chi connectivity index (χ1) is 10.0. The summed E-state index contributed by atoms with van der Waals surface area (Å²) in [6, 6.07) is 8.59.